The van der Waals surface area contributed by atoms with E-state index in [4.69, 9.17) is 4.74 Å². The first-order valence-electron chi connectivity index (χ1n) is 7.94. The Balaban J connectivity index is 1.84. The van der Waals surface area contributed by atoms with Crippen LogP contribution in [-0.2, 0) is 4.79 Å². The average Bonchev–Trinajstić information content (AvgIpc) is 2.55. The van der Waals surface area contributed by atoms with E-state index in [1.165, 1.54) is 0 Å². The van der Waals surface area contributed by atoms with Crippen molar-refractivity contribution in [2.45, 2.75) is 32.6 Å². The maximum atomic E-state index is 11.6. The molecule has 3 rings (SSSR count). The lowest BCUT2D eigenvalue weighted by Crippen LogP contribution is -2.38. The molecule has 1 aliphatic heterocycles. The number of rotatable bonds is 3. The van der Waals surface area contributed by atoms with Crippen LogP contribution in [0.4, 0.5) is 0 Å². The van der Waals surface area contributed by atoms with Gasteiger partial charge in [-0.1, -0.05) is 12.1 Å². The summed E-state index contributed by atoms with van der Waals surface area (Å²) in [5.41, 5.74) is 1.97. The maximum absolute atomic E-state index is 11.6. The van der Waals surface area contributed by atoms with Crippen LogP contribution in [0.2, 0.25) is 0 Å². The third kappa shape index (κ3) is 3.67. The van der Waals surface area contributed by atoms with Gasteiger partial charge in [0.2, 0.25) is 11.8 Å². The Morgan fingerprint density at radius 3 is 2.91 bits per heavy atom. The van der Waals surface area contributed by atoms with Gasteiger partial charge in [0.1, 0.15) is 11.4 Å². The number of piperidine rings is 1. The minimum absolute atomic E-state index is 0.111. The molecular weight excluding hydrogens is 290 g/mol. The minimum Gasteiger partial charge on any atom is -0.437 e. The first kappa shape index (κ1) is 15.5. The molecule has 1 aromatic heterocycles. The van der Waals surface area contributed by atoms with Crippen LogP contribution < -0.4 is 4.74 Å². The van der Waals surface area contributed by atoms with Gasteiger partial charge in [-0.05, 0) is 37.5 Å². The fraction of sp³-hybridized carbons (Fsp3) is 0.389. The number of ether oxygens (including phenoxy) is 1. The van der Waals surface area contributed by atoms with Crippen molar-refractivity contribution in [2.24, 2.45) is 0 Å². The van der Waals surface area contributed by atoms with Gasteiger partial charge >= 0.3 is 0 Å². The van der Waals surface area contributed by atoms with Gasteiger partial charge in [0.05, 0.1) is 0 Å². The molecule has 0 radical (unpaired) electrons. The van der Waals surface area contributed by atoms with E-state index < -0.39 is 0 Å². The van der Waals surface area contributed by atoms with E-state index in [0.29, 0.717) is 12.4 Å². The molecule has 1 saturated heterocycles. The molecule has 1 atom stereocenters. The number of nitrogens with zero attached hydrogens (tertiary/aromatic N) is 3. The second kappa shape index (κ2) is 6.77. The van der Waals surface area contributed by atoms with Crippen molar-refractivity contribution in [1.29, 1.82) is 0 Å². The van der Waals surface area contributed by atoms with Crippen molar-refractivity contribution in [3.8, 4) is 11.6 Å². The minimum atomic E-state index is 0.111. The van der Waals surface area contributed by atoms with Gasteiger partial charge in [0.15, 0.2) is 0 Å². The van der Waals surface area contributed by atoms with Crippen LogP contribution in [0, 0.1) is 6.92 Å². The molecule has 1 fully saturated rings. The molecule has 1 aliphatic rings. The summed E-state index contributed by atoms with van der Waals surface area (Å²) in [4.78, 5) is 22.4. The van der Waals surface area contributed by atoms with Crippen molar-refractivity contribution in [3.05, 3.63) is 47.9 Å². The van der Waals surface area contributed by atoms with Crippen molar-refractivity contribution in [2.75, 3.05) is 13.1 Å². The molecule has 0 saturated carbocycles. The van der Waals surface area contributed by atoms with Crippen molar-refractivity contribution < 1.29 is 9.53 Å². The summed E-state index contributed by atoms with van der Waals surface area (Å²) in [6, 6.07) is 7.87. The van der Waals surface area contributed by atoms with Crippen LogP contribution in [0.15, 0.2) is 36.7 Å². The van der Waals surface area contributed by atoms with Gasteiger partial charge in [-0.25, -0.2) is 4.98 Å². The van der Waals surface area contributed by atoms with Gasteiger partial charge in [-0.15, -0.1) is 0 Å². The largest absolute Gasteiger partial charge is 0.437 e. The number of aromatic nitrogens is 2. The molecule has 120 valence electrons. The molecule has 0 unspecified atom stereocenters. The van der Waals surface area contributed by atoms with Crippen molar-refractivity contribution in [3.63, 3.8) is 0 Å². The molecule has 0 aliphatic carbocycles. The lowest BCUT2D eigenvalue weighted by atomic mass is 9.94. The number of hydrogen-bond donors (Lipinski definition) is 0. The maximum Gasteiger partial charge on any atom is 0.241 e. The lowest BCUT2D eigenvalue weighted by molar-refractivity contribution is -0.130. The van der Waals surface area contributed by atoms with Gasteiger partial charge < -0.3 is 9.64 Å². The number of hydrogen-bond acceptors (Lipinski definition) is 4. The summed E-state index contributed by atoms with van der Waals surface area (Å²) >= 11 is 0. The highest BCUT2D eigenvalue weighted by Gasteiger charge is 2.27. The van der Waals surface area contributed by atoms with E-state index in [1.54, 1.807) is 19.3 Å². The molecule has 5 nitrogen and oxygen atoms in total. The summed E-state index contributed by atoms with van der Waals surface area (Å²) in [7, 11) is 0. The number of benzene rings is 1. The van der Waals surface area contributed by atoms with Crippen LogP contribution in [0.3, 0.4) is 0 Å². The van der Waals surface area contributed by atoms with Crippen LogP contribution in [0.1, 0.15) is 36.9 Å². The van der Waals surface area contributed by atoms with Gasteiger partial charge in [-0.2, -0.15) is 0 Å². The summed E-state index contributed by atoms with van der Waals surface area (Å²) in [5.74, 6) is 1.57. The zero-order valence-electron chi connectivity index (χ0n) is 13.5. The van der Waals surface area contributed by atoms with Crippen molar-refractivity contribution >= 4 is 5.91 Å². The van der Waals surface area contributed by atoms with Crippen LogP contribution in [0.25, 0.3) is 0 Å². The predicted octanol–water partition coefficient (Wildman–Crippen LogP) is 3.30. The van der Waals surface area contributed by atoms with E-state index in [-0.39, 0.29) is 11.8 Å². The third-order valence-electron chi connectivity index (χ3n) is 4.15. The highest BCUT2D eigenvalue weighted by atomic mass is 16.5. The molecule has 23 heavy (non-hydrogen) atoms. The quantitative estimate of drug-likeness (QED) is 0.872. The summed E-state index contributed by atoms with van der Waals surface area (Å²) < 4.78 is 5.96. The van der Waals surface area contributed by atoms with Crippen molar-refractivity contribution in [1.82, 2.24) is 14.9 Å². The Morgan fingerprint density at radius 1 is 1.30 bits per heavy atom. The first-order chi connectivity index (χ1) is 11.1. The predicted molar refractivity (Wildman–Crippen MR) is 87.5 cm³/mol. The highest BCUT2D eigenvalue weighted by molar-refractivity contribution is 5.73. The molecule has 2 heterocycles. The summed E-state index contributed by atoms with van der Waals surface area (Å²) in [6.45, 7) is 5.14. The summed E-state index contributed by atoms with van der Waals surface area (Å²) in [6.07, 6.45) is 5.29. The summed E-state index contributed by atoms with van der Waals surface area (Å²) in [5, 5.41) is 0. The fourth-order valence-electron chi connectivity index (χ4n) is 2.97. The van der Waals surface area contributed by atoms with E-state index in [2.05, 4.69) is 9.97 Å². The molecule has 0 N–H and O–H groups in total. The molecule has 2 aromatic rings. The van der Waals surface area contributed by atoms with Crippen LogP contribution >= 0.6 is 0 Å². The van der Waals surface area contributed by atoms with Gasteiger partial charge in [0.25, 0.3) is 0 Å². The normalized spacial score (nSPS) is 17.8. The van der Waals surface area contributed by atoms with E-state index >= 15 is 0 Å². The molecule has 0 spiro atoms. The van der Waals surface area contributed by atoms with Crippen LogP contribution in [-0.4, -0.2) is 33.9 Å². The van der Waals surface area contributed by atoms with E-state index in [9.17, 15) is 4.79 Å². The molecular formula is C18H21N3O2. The second-order valence-corrected chi connectivity index (χ2v) is 5.97. The Hall–Kier alpha value is -2.43. The Kier molecular flexibility index (Phi) is 4.55. The van der Waals surface area contributed by atoms with Crippen LogP contribution in [0.5, 0.6) is 11.6 Å². The average molecular weight is 311 g/mol. The highest BCUT2D eigenvalue weighted by Crippen LogP contribution is 2.32. The number of likely N-dealkylation sites (tertiary alicyclic amines) is 1. The SMILES string of the molecule is CC(=O)N1CCC[C@H](c2nccnc2Oc2cccc(C)c2)C1. The fourth-order valence-corrected chi connectivity index (χ4v) is 2.97. The molecule has 5 heteroatoms. The number of carbonyl (C=O) groups is 1. The van der Waals surface area contributed by atoms with Gasteiger partial charge in [-0.3, -0.25) is 9.78 Å². The molecule has 0 bridgehead atoms. The number of carbonyl (C=O) groups excluding carboxylic acids is 1. The Morgan fingerprint density at radius 2 is 2.13 bits per heavy atom. The zero-order chi connectivity index (χ0) is 16.2. The second-order valence-electron chi connectivity index (χ2n) is 5.97. The monoisotopic (exact) mass is 311 g/mol. The third-order valence-corrected chi connectivity index (χ3v) is 4.15. The molecule has 1 amide bonds. The van der Waals surface area contributed by atoms with Gasteiger partial charge in [0, 0.05) is 38.3 Å². The Labute approximate surface area is 136 Å². The smallest absolute Gasteiger partial charge is 0.241 e. The zero-order valence-corrected chi connectivity index (χ0v) is 13.5. The van der Waals surface area contributed by atoms with E-state index in [1.807, 2.05) is 36.1 Å². The van der Waals surface area contributed by atoms with E-state index in [0.717, 1.165) is 36.4 Å². The lowest BCUT2D eigenvalue weighted by Gasteiger charge is -2.32. The standard InChI is InChI=1S/C18H21N3O2/c1-13-5-3-7-16(11-13)23-18-17(19-8-9-20-18)15-6-4-10-21(12-15)14(2)22/h3,5,7-9,11,15H,4,6,10,12H2,1-2H3/t15-/m0/s1. The number of aryl methyl sites for hydroxylation is 1. The number of amides is 1. The topological polar surface area (TPSA) is 55.3 Å². The molecule has 1 aromatic carbocycles. The first-order valence-corrected chi connectivity index (χ1v) is 7.94. The Bertz CT molecular complexity index is 702.